The predicted octanol–water partition coefficient (Wildman–Crippen LogP) is 1.61. The Hall–Kier alpha value is -3.65. The van der Waals surface area contributed by atoms with Crippen LogP contribution in [-0.4, -0.2) is 84.9 Å². The minimum Gasteiger partial charge on any atom is -0.466 e. The fourth-order valence-corrected chi connectivity index (χ4v) is 5.53. The van der Waals surface area contributed by atoms with E-state index in [9.17, 15) is 28.8 Å². The Balaban J connectivity index is 2.77. The molecule has 1 amide bonds. The third kappa shape index (κ3) is 9.74. The van der Waals surface area contributed by atoms with Gasteiger partial charge in [-0.15, -0.1) is 0 Å². The summed E-state index contributed by atoms with van der Waals surface area (Å²) < 4.78 is 33.0. The average molecular weight is 598 g/mol. The number of hydrogen-bond acceptors (Lipinski definition) is 13. The molecule has 2 rings (SSSR count). The molecule has 226 valence electrons. The van der Waals surface area contributed by atoms with Crippen molar-refractivity contribution in [2.45, 2.75) is 88.2 Å². The van der Waals surface area contributed by atoms with Crippen molar-refractivity contribution in [1.82, 2.24) is 5.32 Å². The molecule has 6 atom stereocenters. The van der Waals surface area contributed by atoms with E-state index in [1.165, 1.54) is 6.92 Å². The van der Waals surface area contributed by atoms with Gasteiger partial charge in [0.15, 0.2) is 12.2 Å². The van der Waals surface area contributed by atoms with Crippen LogP contribution in [0.1, 0.15) is 46.6 Å². The van der Waals surface area contributed by atoms with Crippen molar-refractivity contribution in [2.24, 2.45) is 0 Å². The maximum absolute atomic E-state index is 13.4. The van der Waals surface area contributed by atoms with Crippen LogP contribution in [0, 0.1) is 6.92 Å². The van der Waals surface area contributed by atoms with Crippen LogP contribution in [0.25, 0.3) is 0 Å². The standard InChI is InChI=1S/C27H35NO12S/c1-14-8-10-20(11-9-14)41-27(26(34)35-7)12-21(37-17(4)31)23(28-15(2)29)25(40-27)24(39-19(6)33)22(38-18(5)32)13-36-16(3)30/h8-11,21-25H,12-13H2,1-7H3,(H,28,29)/t21-,22+,23+,24+,25+,27+/m0/s1. The number of methoxy groups -OCH3 is 1. The van der Waals surface area contributed by atoms with E-state index in [-0.39, 0.29) is 6.42 Å². The summed E-state index contributed by atoms with van der Waals surface area (Å²) in [5, 5.41) is 2.64. The van der Waals surface area contributed by atoms with E-state index in [0.29, 0.717) is 4.90 Å². The van der Waals surface area contributed by atoms with Crippen molar-refractivity contribution in [3.05, 3.63) is 29.8 Å². The predicted molar refractivity (Wildman–Crippen MR) is 142 cm³/mol. The maximum Gasteiger partial charge on any atom is 0.349 e. The molecule has 0 saturated carbocycles. The Kier molecular flexibility index (Phi) is 12.1. The van der Waals surface area contributed by atoms with E-state index in [2.05, 4.69) is 5.32 Å². The van der Waals surface area contributed by atoms with Crippen molar-refractivity contribution in [3.8, 4) is 0 Å². The van der Waals surface area contributed by atoms with Gasteiger partial charge in [0.05, 0.1) is 13.2 Å². The molecule has 0 radical (unpaired) electrons. The van der Waals surface area contributed by atoms with Crippen LogP contribution in [0.3, 0.4) is 0 Å². The molecule has 41 heavy (non-hydrogen) atoms. The first-order valence-electron chi connectivity index (χ1n) is 12.6. The van der Waals surface area contributed by atoms with Gasteiger partial charge in [-0.1, -0.05) is 29.5 Å². The Bertz CT molecular complexity index is 1140. The van der Waals surface area contributed by atoms with E-state index in [0.717, 1.165) is 52.1 Å². The highest BCUT2D eigenvalue weighted by Gasteiger charge is 2.58. The summed E-state index contributed by atoms with van der Waals surface area (Å²) in [6.07, 6.45) is -5.99. The van der Waals surface area contributed by atoms with Crippen molar-refractivity contribution >= 4 is 47.5 Å². The van der Waals surface area contributed by atoms with Gasteiger partial charge < -0.3 is 33.7 Å². The summed E-state index contributed by atoms with van der Waals surface area (Å²) in [6, 6.07) is 5.90. The number of carbonyl (C=O) groups is 6. The van der Waals surface area contributed by atoms with Gasteiger partial charge in [0.2, 0.25) is 10.8 Å². The number of aryl methyl sites for hydroxylation is 1. The van der Waals surface area contributed by atoms with Gasteiger partial charge >= 0.3 is 29.8 Å². The zero-order valence-corrected chi connectivity index (χ0v) is 24.7. The Morgan fingerprint density at radius 2 is 1.56 bits per heavy atom. The second kappa shape index (κ2) is 14.8. The summed E-state index contributed by atoms with van der Waals surface area (Å²) >= 11 is 0.955. The highest BCUT2D eigenvalue weighted by molar-refractivity contribution is 8.01. The van der Waals surface area contributed by atoms with E-state index in [1.807, 2.05) is 19.1 Å². The summed E-state index contributed by atoms with van der Waals surface area (Å²) in [5.74, 6) is -4.53. The van der Waals surface area contributed by atoms with Crippen LogP contribution in [0.15, 0.2) is 29.2 Å². The first-order valence-corrected chi connectivity index (χ1v) is 13.4. The van der Waals surface area contributed by atoms with E-state index in [1.54, 1.807) is 12.1 Å². The number of rotatable bonds is 11. The first kappa shape index (κ1) is 33.6. The van der Waals surface area contributed by atoms with Crippen molar-refractivity contribution in [1.29, 1.82) is 0 Å². The number of nitrogens with one attached hydrogen (secondary N) is 1. The lowest BCUT2D eigenvalue weighted by Gasteiger charge is -2.48. The van der Waals surface area contributed by atoms with Crippen LogP contribution in [-0.2, 0) is 57.2 Å². The third-order valence-corrected chi connectivity index (χ3v) is 7.07. The van der Waals surface area contributed by atoms with Gasteiger partial charge in [-0.2, -0.15) is 0 Å². The monoisotopic (exact) mass is 597 g/mol. The van der Waals surface area contributed by atoms with Crippen LogP contribution in [0.2, 0.25) is 0 Å². The number of thioether (sulfide) groups is 1. The molecular formula is C27H35NO12S. The quantitative estimate of drug-likeness (QED) is 0.289. The maximum atomic E-state index is 13.4. The number of carbonyl (C=O) groups excluding carboxylic acids is 6. The van der Waals surface area contributed by atoms with E-state index < -0.39 is 77.8 Å². The SMILES string of the molecule is COC(=O)[C@]1(Sc2ccc(C)cc2)C[C@H](OC(C)=O)[C@@H](NC(C)=O)[C@H]([C@H](OC(C)=O)[C@@H](COC(C)=O)OC(C)=O)O1. The second-order valence-electron chi connectivity index (χ2n) is 9.34. The van der Waals surface area contributed by atoms with E-state index >= 15 is 0 Å². The van der Waals surface area contributed by atoms with Gasteiger partial charge in [-0.05, 0) is 19.1 Å². The Labute approximate surface area is 241 Å². The minimum atomic E-state index is -1.90. The molecule has 1 aliphatic heterocycles. The van der Waals surface area contributed by atoms with Gasteiger partial charge in [0, 0.05) is 45.9 Å². The summed E-state index contributed by atoms with van der Waals surface area (Å²) in [7, 11) is 1.14. The largest absolute Gasteiger partial charge is 0.466 e. The molecule has 0 bridgehead atoms. The number of benzene rings is 1. The van der Waals surface area contributed by atoms with E-state index in [4.69, 9.17) is 28.4 Å². The normalized spacial score (nSPS) is 23.2. The van der Waals surface area contributed by atoms with Crippen molar-refractivity contribution < 1.29 is 57.2 Å². The Morgan fingerprint density at radius 1 is 0.951 bits per heavy atom. The molecule has 0 aromatic heterocycles. The molecule has 1 aromatic carbocycles. The third-order valence-electron chi connectivity index (χ3n) is 5.80. The van der Waals surface area contributed by atoms with Crippen LogP contribution >= 0.6 is 11.8 Å². The molecule has 1 aliphatic rings. The van der Waals surface area contributed by atoms with Crippen molar-refractivity contribution in [3.63, 3.8) is 0 Å². The zero-order valence-electron chi connectivity index (χ0n) is 23.9. The summed E-state index contributed by atoms with van der Waals surface area (Å²) in [4.78, 5) is 72.5. The molecule has 1 aromatic rings. The highest BCUT2D eigenvalue weighted by Crippen LogP contribution is 2.46. The molecule has 0 aliphatic carbocycles. The fraction of sp³-hybridized carbons (Fsp3) is 0.556. The minimum absolute atomic E-state index is 0.284. The van der Waals surface area contributed by atoms with Crippen LogP contribution in [0.4, 0.5) is 0 Å². The van der Waals surface area contributed by atoms with Crippen LogP contribution < -0.4 is 5.32 Å². The topological polar surface area (TPSA) is 170 Å². The first-order chi connectivity index (χ1) is 19.2. The fourth-order valence-electron chi connectivity index (χ4n) is 4.30. The number of amides is 1. The summed E-state index contributed by atoms with van der Waals surface area (Å²) in [5.41, 5.74) is 0.956. The Morgan fingerprint density at radius 3 is 2.05 bits per heavy atom. The zero-order chi connectivity index (χ0) is 30.9. The van der Waals surface area contributed by atoms with Gasteiger partial charge in [0.25, 0.3) is 0 Å². The molecule has 1 saturated heterocycles. The van der Waals surface area contributed by atoms with Gasteiger partial charge in [-0.3, -0.25) is 24.0 Å². The number of hydrogen-bond donors (Lipinski definition) is 1. The molecule has 0 spiro atoms. The molecule has 0 unspecified atom stereocenters. The van der Waals surface area contributed by atoms with Gasteiger partial charge in [0.1, 0.15) is 18.8 Å². The molecule has 1 heterocycles. The number of ether oxygens (including phenoxy) is 6. The molecule has 1 N–H and O–H groups in total. The molecular weight excluding hydrogens is 562 g/mol. The lowest BCUT2D eigenvalue weighted by Crippen LogP contribution is -2.68. The average Bonchev–Trinajstić information content (AvgIpc) is 2.86. The van der Waals surface area contributed by atoms with Crippen molar-refractivity contribution in [2.75, 3.05) is 13.7 Å². The molecule has 13 nitrogen and oxygen atoms in total. The van der Waals surface area contributed by atoms with Crippen LogP contribution in [0.5, 0.6) is 0 Å². The second-order valence-corrected chi connectivity index (χ2v) is 10.7. The molecule has 14 heteroatoms. The smallest absolute Gasteiger partial charge is 0.349 e. The lowest BCUT2D eigenvalue weighted by atomic mass is 9.89. The lowest BCUT2D eigenvalue weighted by molar-refractivity contribution is -0.224. The number of esters is 5. The van der Waals surface area contributed by atoms with Gasteiger partial charge in [-0.25, -0.2) is 4.79 Å². The molecule has 1 fully saturated rings. The highest BCUT2D eigenvalue weighted by atomic mass is 32.2. The summed E-state index contributed by atoms with van der Waals surface area (Å²) in [6.45, 7) is 6.97.